The average molecular weight is 404 g/mol. The molecule has 8 heteroatoms. The molecule has 5 rings (SSSR count). The van der Waals surface area contributed by atoms with Gasteiger partial charge in [-0.25, -0.2) is 9.97 Å². The van der Waals surface area contributed by atoms with Gasteiger partial charge in [0.25, 0.3) is 0 Å². The highest BCUT2D eigenvalue weighted by atomic mass is 19.1. The van der Waals surface area contributed by atoms with Gasteiger partial charge in [-0.1, -0.05) is 0 Å². The smallest absolute Gasteiger partial charge is 0.220 e. The topological polar surface area (TPSA) is 79.8 Å². The Morgan fingerprint density at radius 2 is 2.03 bits per heavy atom. The Morgan fingerprint density at radius 1 is 1.17 bits per heavy atom. The van der Waals surface area contributed by atoms with Crippen LogP contribution >= 0.6 is 0 Å². The lowest BCUT2D eigenvalue weighted by atomic mass is 9.97. The number of pyridine rings is 3. The summed E-state index contributed by atoms with van der Waals surface area (Å²) in [5.74, 6) is 0.271. The van der Waals surface area contributed by atoms with Gasteiger partial charge in [-0.05, 0) is 49.2 Å². The van der Waals surface area contributed by atoms with Gasteiger partial charge in [-0.2, -0.15) is 9.49 Å². The number of hydrogen-bond donors (Lipinski definition) is 1. The van der Waals surface area contributed by atoms with Gasteiger partial charge in [0.1, 0.15) is 17.0 Å². The van der Waals surface area contributed by atoms with E-state index in [1.807, 2.05) is 31.2 Å². The van der Waals surface area contributed by atoms with Crippen molar-refractivity contribution < 1.29 is 9.13 Å². The van der Waals surface area contributed by atoms with Crippen LogP contribution in [-0.4, -0.2) is 50.9 Å². The van der Waals surface area contributed by atoms with Gasteiger partial charge in [0.15, 0.2) is 0 Å². The highest BCUT2D eigenvalue weighted by Crippen LogP contribution is 2.37. The molecule has 7 nitrogen and oxygen atoms in total. The first-order valence-electron chi connectivity index (χ1n) is 9.89. The molecule has 30 heavy (non-hydrogen) atoms. The Balaban J connectivity index is 1.83. The molecule has 1 aliphatic rings. The Morgan fingerprint density at radius 3 is 2.80 bits per heavy atom. The van der Waals surface area contributed by atoms with Crippen molar-refractivity contribution in [3.63, 3.8) is 0 Å². The summed E-state index contributed by atoms with van der Waals surface area (Å²) in [7, 11) is 0. The lowest BCUT2D eigenvalue weighted by molar-refractivity contribution is 0.0986. The molecule has 4 aromatic heterocycles. The van der Waals surface area contributed by atoms with Gasteiger partial charge in [-0.3, -0.25) is 10.1 Å². The summed E-state index contributed by atoms with van der Waals surface area (Å²) in [5.41, 5.74) is 4.17. The molecule has 0 radical (unpaired) electrons. The van der Waals surface area contributed by atoms with E-state index < -0.39 is 5.95 Å². The van der Waals surface area contributed by atoms with E-state index in [4.69, 9.17) is 9.72 Å². The Bertz CT molecular complexity index is 1190. The van der Waals surface area contributed by atoms with E-state index in [-0.39, 0.29) is 6.04 Å². The number of aromatic nitrogens is 5. The summed E-state index contributed by atoms with van der Waals surface area (Å²) < 4.78 is 20.5. The third kappa shape index (κ3) is 3.09. The number of anilines is 1. The molecule has 0 amide bonds. The summed E-state index contributed by atoms with van der Waals surface area (Å²) in [6.07, 6.45) is 4.88. The first-order chi connectivity index (χ1) is 14.6. The maximum atomic E-state index is 14.9. The number of morpholine rings is 1. The highest BCUT2D eigenvalue weighted by Gasteiger charge is 2.24. The molecule has 0 bridgehead atoms. The molecule has 0 spiro atoms. The minimum atomic E-state index is -0.497. The quantitative estimate of drug-likeness (QED) is 0.524. The van der Waals surface area contributed by atoms with E-state index in [1.165, 1.54) is 6.20 Å². The van der Waals surface area contributed by atoms with Crippen molar-refractivity contribution in [2.24, 2.45) is 0 Å². The van der Waals surface area contributed by atoms with E-state index in [0.717, 1.165) is 28.0 Å². The van der Waals surface area contributed by atoms with E-state index in [0.29, 0.717) is 36.5 Å². The first-order valence-corrected chi connectivity index (χ1v) is 9.89. The first kappa shape index (κ1) is 18.6. The number of aryl methyl sites for hydroxylation is 1. The van der Waals surface area contributed by atoms with E-state index in [9.17, 15) is 4.39 Å². The van der Waals surface area contributed by atoms with Gasteiger partial charge >= 0.3 is 0 Å². The zero-order valence-electron chi connectivity index (χ0n) is 16.8. The van der Waals surface area contributed by atoms with Crippen molar-refractivity contribution in [2.45, 2.75) is 19.9 Å². The summed E-state index contributed by atoms with van der Waals surface area (Å²) in [6, 6.07) is 7.65. The number of rotatable bonds is 3. The minimum absolute atomic E-state index is 0.156. The molecular weight excluding hydrogens is 383 g/mol. The number of hydrogen-bond acceptors (Lipinski definition) is 6. The number of fused-ring (bicyclic) bond motifs is 1. The Labute approximate surface area is 173 Å². The molecule has 1 N–H and O–H groups in total. The van der Waals surface area contributed by atoms with E-state index in [2.05, 4.69) is 32.0 Å². The second-order valence-electron chi connectivity index (χ2n) is 7.47. The number of aromatic amines is 1. The van der Waals surface area contributed by atoms with Gasteiger partial charge in [0.2, 0.25) is 5.95 Å². The summed E-state index contributed by atoms with van der Waals surface area (Å²) in [6.45, 7) is 5.95. The Hall–Kier alpha value is -3.39. The maximum absolute atomic E-state index is 14.9. The van der Waals surface area contributed by atoms with Crippen LogP contribution in [0, 0.1) is 12.9 Å². The zero-order chi connectivity index (χ0) is 20.7. The largest absolute Gasteiger partial charge is 0.377 e. The van der Waals surface area contributed by atoms with Crippen LogP contribution in [0.2, 0.25) is 0 Å². The highest BCUT2D eigenvalue weighted by molar-refractivity contribution is 6.02. The molecule has 1 saturated heterocycles. The van der Waals surface area contributed by atoms with Crippen LogP contribution in [-0.2, 0) is 4.74 Å². The van der Waals surface area contributed by atoms with Crippen LogP contribution in [0.3, 0.4) is 0 Å². The number of nitrogens with one attached hydrogen (secondary N) is 1. The molecule has 4 aromatic rings. The number of ether oxygens (including phenoxy) is 1. The van der Waals surface area contributed by atoms with Gasteiger partial charge in [0.05, 0.1) is 24.9 Å². The normalized spacial score (nSPS) is 16.9. The second kappa shape index (κ2) is 7.46. The zero-order valence-corrected chi connectivity index (χ0v) is 16.8. The molecule has 0 saturated carbocycles. The fourth-order valence-electron chi connectivity index (χ4n) is 3.99. The van der Waals surface area contributed by atoms with Gasteiger partial charge in [-0.15, -0.1) is 0 Å². The van der Waals surface area contributed by atoms with Crippen molar-refractivity contribution in [2.75, 3.05) is 24.7 Å². The van der Waals surface area contributed by atoms with Crippen molar-refractivity contribution >= 4 is 16.7 Å². The van der Waals surface area contributed by atoms with Crippen LogP contribution in [0.15, 0.2) is 42.9 Å². The molecule has 1 unspecified atom stereocenters. The third-order valence-electron chi connectivity index (χ3n) is 5.51. The maximum Gasteiger partial charge on any atom is 0.220 e. The molecule has 5 heterocycles. The molecule has 1 fully saturated rings. The SMILES string of the molecule is Cc1ccnc(F)c1-c1cc(N2CCOCC2C)nc2c(-c3ccn[nH]3)nccc12. The van der Waals surface area contributed by atoms with Crippen LogP contribution < -0.4 is 4.90 Å². The number of H-pyrrole nitrogens is 1. The average Bonchev–Trinajstić information content (AvgIpc) is 3.28. The van der Waals surface area contributed by atoms with Crippen LogP contribution in [0.5, 0.6) is 0 Å². The van der Waals surface area contributed by atoms with Crippen LogP contribution in [0.25, 0.3) is 33.4 Å². The summed E-state index contributed by atoms with van der Waals surface area (Å²) in [5, 5.41) is 7.83. The van der Waals surface area contributed by atoms with Crippen LogP contribution in [0.1, 0.15) is 12.5 Å². The predicted octanol–water partition coefficient (Wildman–Crippen LogP) is 3.75. The molecule has 1 aliphatic heterocycles. The van der Waals surface area contributed by atoms with E-state index >= 15 is 0 Å². The van der Waals surface area contributed by atoms with Crippen LogP contribution in [0.4, 0.5) is 10.2 Å². The molecule has 0 aliphatic carbocycles. The molecule has 1 atom stereocenters. The molecule has 0 aromatic carbocycles. The summed E-state index contributed by atoms with van der Waals surface area (Å²) >= 11 is 0. The lowest BCUT2D eigenvalue weighted by Gasteiger charge is -2.34. The van der Waals surface area contributed by atoms with Crippen molar-refractivity contribution in [1.82, 2.24) is 25.1 Å². The third-order valence-corrected chi connectivity index (χ3v) is 5.51. The number of nitrogens with zero attached hydrogens (tertiary/aromatic N) is 5. The summed E-state index contributed by atoms with van der Waals surface area (Å²) in [4.78, 5) is 15.6. The monoisotopic (exact) mass is 404 g/mol. The van der Waals surface area contributed by atoms with Gasteiger partial charge in [0, 0.05) is 36.1 Å². The fraction of sp³-hybridized carbons (Fsp3) is 0.273. The molecule has 152 valence electrons. The van der Waals surface area contributed by atoms with E-state index in [1.54, 1.807) is 12.4 Å². The standard InChI is InChI=1S/C22H21FN6O/c1-13-3-6-25-22(23)19(13)16-11-18(29-9-10-30-12-14(29)2)27-20-15(16)4-7-24-21(20)17-5-8-26-28-17/h3-8,11,14H,9-10,12H2,1-2H3,(H,26,28). The van der Waals surface area contributed by atoms with Crippen molar-refractivity contribution in [3.8, 4) is 22.5 Å². The lowest BCUT2D eigenvalue weighted by Crippen LogP contribution is -2.44. The number of halogens is 1. The van der Waals surface area contributed by atoms with Crippen molar-refractivity contribution in [1.29, 1.82) is 0 Å². The van der Waals surface area contributed by atoms with Crippen molar-refractivity contribution in [3.05, 3.63) is 54.4 Å². The minimum Gasteiger partial charge on any atom is -0.377 e. The Kier molecular flexibility index (Phi) is 4.63. The predicted molar refractivity (Wildman–Crippen MR) is 113 cm³/mol. The second-order valence-corrected chi connectivity index (χ2v) is 7.47. The van der Waals surface area contributed by atoms with Gasteiger partial charge < -0.3 is 9.64 Å². The fourth-order valence-corrected chi connectivity index (χ4v) is 3.99. The molecular formula is C22H21FN6O.